The van der Waals surface area contributed by atoms with Crippen LogP contribution in [0.25, 0.3) is 0 Å². The fourth-order valence-corrected chi connectivity index (χ4v) is 2.05. The number of hydrogen-bond acceptors (Lipinski definition) is 1. The maximum atomic E-state index is 5.87. The molecule has 0 saturated carbocycles. The Morgan fingerprint density at radius 2 is 1.95 bits per heavy atom. The van der Waals surface area contributed by atoms with Gasteiger partial charge in [-0.25, -0.2) is 0 Å². The first-order valence-corrected chi connectivity index (χ1v) is 8.09. The van der Waals surface area contributed by atoms with Gasteiger partial charge in [-0.2, -0.15) is 0 Å². The molecule has 20 heavy (non-hydrogen) atoms. The van der Waals surface area contributed by atoms with Crippen LogP contribution in [0.1, 0.15) is 56.6 Å². The number of benzene rings is 1. The summed E-state index contributed by atoms with van der Waals surface area (Å²) >= 11 is 5.65. The van der Waals surface area contributed by atoms with Crippen molar-refractivity contribution in [1.29, 1.82) is 0 Å². The average molecular weight is 293 g/mol. The van der Waals surface area contributed by atoms with E-state index < -0.39 is 0 Å². The summed E-state index contributed by atoms with van der Waals surface area (Å²) in [6.45, 7) is 5.08. The minimum Gasteiger partial charge on any atom is -0.492 e. The molecule has 1 aromatic rings. The lowest BCUT2D eigenvalue weighted by Crippen LogP contribution is -1.99. The summed E-state index contributed by atoms with van der Waals surface area (Å²) in [4.78, 5) is 0. The highest BCUT2D eigenvalue weighted by Crippen LogP contribution is 2.19. The monoisotopic (exact) mass is 292 g/mol. The molecule has 1 aromatic carbocycles. The topological polar surface area (TPSA) is 9.23 Å². The van der Waals surface area contributed by atoms with Crippen molar-refractivity contribution in [3.63, 3.8) is 0 Å². The van der Waals surface area contributed by atoms with Crippen molar-refractivity contribution in [2.24, 2.45) is 0 Å². The van der Waals surface area contributed by atoms with E-state index in [0.29, 0.717) is 12.3 Å². The van der Waals surface area contributed by atoms with Gasteiger partial charge in [-0.15, -0.1) is 11.6 Å². The number of aryl methyl sites for hydroxylation is 1. The highest BCUT2D eigenvalue weighted by atomic mass is 35.5. The quantitative estimate of drug-likeness (QED) is 0.358. The molecule has 0 aliphatic heterocycles. The van der Waals surface area contributed by atoms with Crippen LogP contribution in [-0.4, -0.2) is 12.5 Å². The van der Waals surface area contributed by atoms with E-state index in [1.54, 1.807) is 0 Å². The van der Waals surface area contributed by atoms with Gasteiger partial charge < -0.3 is 4.74 Å². The summed E-state index contributed by atoms with van der Waals surface area (Å²) in [6.07, 6.45) is 6.97. The fraction of sp³-hybridized carbons (Fsp3) is 0.556. The van der Waals surface area contributed by atoms with E-state index in [0.717, 1.165) is 24.3 Å². The number of unbranched alkanes of at least 4 members (excludes halogenated alkanes) is 4. The van der Waals surface area contributed by atoms with E-state index in [1.807, 2.05) is 6.07 Å². The SMILES string of the molecule is CCCCCCCOc1ccc(C)cc1C#CCCCl. The Morgan fingerprint density at radius 1 is 1.15 bits per heavy atom. The van der Waals surface area contributed by atoms with E-state index in [9.17, 15) is 0 Å². The van der Waals surface area contributed by atoms with Gasteiger partial charge in [0.05, 0.1) is 12.2 Å². The lowest BCUT2D eigenvalue weighted by atomic mass is 10.1. The number of hydrogen-bond donors (Lipinski definition) is 0. The van der Waals surface area contributed by atoms with Crippen LogP contribution in [0.5, 0.6) is 5.75 Å². The molecule has 0 aromatic heterocycles. The number of rotatable bonds is 8. The van der Waals surface area contributed by atoms with Gasteiger partial charge >= 0.3 is 0 Å². The van der Waals surface area contributed by atoms with Crippen LogP contribution < -0.4 is 4.74 Å². The molecule has 0 saturated heterocycles. The molecule has 1 rings (SSSR count). The largest absolute Gasteiger partial charge is 0.492 e. The van der Waals surface area contributed by atoms with E-state index >= 15 is 0 Å². The van der Waals surface area contributed by atoms with Crippen molar-refractivity contribution >= 4 is 11.6 Å². The van der Waals surface area contributed by atoms with Crippen LogP contribution >= 0.6 is 11.6 Å². The second-order valence-electron chi connectivity index (χ2n) is 5.00. The van der Waals surface area contributed by atoms with Gasteiger partial charge in [0.2, 0.25) is 0 Å². The van der Waals surface area contributed by atoms with Crippen LogP contribution in [0.15, 0.2) is 18.2 Å². The van der Waals surface area contributed by atoms with Gasteiger partial charge in [0.25, 0.3) is 0 Å². The van der Waals surface area contributed by atoms with Gasteiger partial charge in [-0.1, -0.05) is 50.5 Å². The van der Waals surface area contributed by atoms with Crippen LogP contribution in [0.4, 0.5) is 0 Å². The van der Waals surface area contributed by atoms with Crippen LogP contribution in [0, 0.1) is 18.8 Å². The highest BCUT2D eigenvalue weighted by Gasteiger charge is 2.01. The molecule has 1 nitrogen and oxygen atoms in total. The molecule has 0 fully saturated rings. The summed E-state index contributed by atoms with van der Waals surface area (Å²) in [5.74, 6) is 7.70. The molecule has 0 heterocycles. The molecule has 0 spiro atoms. The summed E-state index contributed by atoms with van der Waals surface area (Å²) in [7, 11) is 0. The summed E-state index contributed by atoms with van der Waals surface area (Å²) in [5, 5.41) is 0. The van der Waals surface area contributed by atoms with Gasteiger partial charge in [0, 0.05) is 12.3 Å². The zero-order valence-corrected chi connectivity index (χ0v) is 13.4. The lowest BCUT2D eigenvalue weighted by molar-refractivity contribution is 0.304. The van der Waals surface area contributed by atoms with Crippen LogP contribution in [0.3, 0.4) is 0 Å². The standard InChI is InChI=1S/C18H25ClO/c1-3-4-5-6-9-14-20-18-12-11-16(2)15-17(18)10-7-8-13-19/h11-12,15H,3-6,8-9,13-14H2,1-2H3. The van der Waals surface area contributed by atoms with Gasteiger partial charge in [-0.3, -0.25) is 0 Å². The average Bonchev–Trinajstić information content (AvgIpc) is 2.45. The van der Waals surface area contributed by atoms with Gasteiger partial charge in [0.15, 0.2) is 0 Å². The molecule has 0 bridgehead atoms. The molecular formula is C18H25ClO. The first kappa shape index (κ1) is 16.9. The summed E-state index contributed by atoms with van der Waals surface area (Å²) in [6, 6.07) is 6.17. The van der Waals surface area contributed by atoms with Crippen molar-refractivity contribution in [3.05, 3.63) is 29.3 Å². The zero-order valence-electron chi connectivity index (χ0n) is 12.7. The molecule has 110 valence electrons. The molecule has 2 heteroatoms. The summed E-state index contributed by atoms with van der Waals surface area (Å²) < 4.78 is 5.87. The molecular weight excluding hydrogens is 268 g/mol. The van der Waals surface area contributed by atoms with Crippen molar-refractivity contribution in [2.45, 2.75) is 52.4 Å². The Bertz CT molecular complexity index is 442. The predicted molar refractivity (Wildman–Crippen MR) is 87.6 cm³/mol. The lowest BCUT2D eigenvalue weighted by Gasteiger charge is -2.09. The maximum Gasteiger partial charge on any atom is 0.134 e. The van der Waals surface area contributed by atoms with Gasteiger partial charge in [0.1, 0.15) is 5.75 Å². The minimum atomic E-state index is 0.576. The third kappa shape index (κ3) is 6.87. The Labute approximate surface area is 128 Å². The summed E-state index contributed by atoms with van der Waals surface area (Å²) in [5.41, 5.74) is 2.18. The fourth-order valence-electron chi connectivity index (χ4n) is 1.96. The Morgan fingerprint density at radius 3 is 2.70 bits per heavy atom. The third-order valence-electron chi connectivity index (χ3n) is 3.08. The molecule has 0 aliphatic rings. The first-order chi connectivity index (χ1) is 9.77. The minimum absolute atomic E-state index is 0.576. The van der Waals surface area contributed by atoms with Crippen LogP contribution in [-0.2, 0) is 0 Å². The van der Waals surface area contributed by atoms with E-state index in [4.69, 9.17) is 16.3 Å². The second-order valence-corrected chi connectivity index (χ2v) is 5.38. The van der Waals surface area contributed by atoms with Crippen LogP contribution in [0.2, 0.25) is 0 Å². The van der Waals surface area contributed by atoms with Crippen molar-refractivity contribution in [1.82, 2.24) is 0 Å². The Kier molecular flexibility index (Phi) is 9.00. The Balaban J connectivity index is 2.50. The smallest absolute Gasteiger partial charge is 0.134 e. The molecule has 0 radical (unpaired) electrons. The van der Waals surface area contributed by atoms with E-state index in [1.165, 1.54) is 31.2 Å². The van der Waals surface area contributed by atoms with E-state index in [-0.39, 0.29) is 0 Å². The van der Waals surface area contributed by atoms with Crippen molar-refractivity contribution < 1.29 is 4.74 Å². The molecule has 0 aliphatic carbocycles. The first-order valence-electron chi connectivity index (χ1n) is 7.56. The predicted octanol–water partition coefficient (Wildman–Crippen LogP) is 5.32. The molecule has 0 atom stereocenters. The van der Waals surface area contributed by atoms with E-state index in [2.05, 4.69) is 37.8 Å². The maximum absolute atomic E-state index is 5.87. The molecule has 0 unspecified atom stereocenters. The van der Waals surface area contributed by atoms with Crippen molar-refractivity contribution in [3.8, 4) is 17.6 Å². The number of ether oxygens (including phenoxy) is 1. The number of alkyl halides is 1. The Hall–Kier alpha value is -1.13. The van der Waals surface area contributed by atoms with Gasteiger partial charge in [-0.05, 0) is 31.0 Å². The molecule has 0 N–H and O–H groups in total. The normalized spacial score (nSPS) is 9.95. The third-order valence-corrected chi connectivity index (χ3v) is 3.27. The zero-order chi connectivity index (χ0) is 14.6. The second kappa shape index (κ2) is 10.6. The number of halogens is 1. The highest BCUT2D eigenvalue weighted by molar-refractivity contribution is 6.18. The van der Waals surface area contributed by atoms with Crippen molar-refractivity contribution in [2.75, 3.05) is 12.5 Å². The molecule has 0 amide bonds.